The van der Waals surface area contributed by atoms with Crippen LogP contribution in [0.4, 0.5) is 0 Å². The first-order valence-electron chi connectivity index (χ1n) is 10.2. The summed E-state index contributed by atoms with van der Waals surface area (Å²) in [5, 5.41) is 3.13. The average molecular weight is 374 g/mol. The van der Waals surface area contributed by atoms with Gasteiger partial charge in [0.25, 0.3) is 0 Å². The molecule has 1 fully saturated rings. The van der Waals surface area contributed by atoms with Crippen molar-refractivity contribution in [3.63, 3.8) is 0 Å². The van der Waals surface area contributed by atoms with E-state index in [1.54, 1.807) is 4.90 Å². The summed E-state index contributed by atoms with van der Waals surface area (Å²) in [5.41, 5.74) is 0.743. The molecule has 2 atom stereocenters. The van der Waals surface area contributed by atoms with E-state index in [1.165, 1.54) is 5.56 Å². The number of hydrogen-bond donors (Lipinski definition) is 1. The van der Waals surface area contributed by atoms with Crippen molar-refractivity contribution in [2.75, 3.05) is 26.2 Å². The Hall–Kier alpha value is -1.88. The molecule has 1 aromatic carbocycles. The van der Waals surface area contributed by atoms with Crippen molar-refractivity contribution < 1.29 is 9.59 Å². The zero-order valence-electron chi connectivity index (χ0n) is 17.5. The molecule has 2 rings (SSSR count). The number of amides is 2. The third kappa shape index (κ3) is 5.32. The minimum atomic E-state index is -0.462. The van der Waals surface area contributed by atoms with Crippen molar-refractivity contribution in [1.82, 2.24) is 15.1 Å². The number of hydrogen-bond acceptors (Lipinski definition) is 3. The molecule has 0 radical (unpaired) electrons. The number of nitrogens with zero attached hydrogens (tertiary/aromatic N) is 2. The molecular weight excluding hydrogens is 338 g/mol. The number of benzene rings is 1. The predicted octanol–water partition coefficient (Wildman–Crippen LogP) is 3.22. The molecule has 1 heterocycles. The fourth-order valence-electron chi connectivity index (χ4n) is 3.83. The van der Waals surface area contributed by atoms with Crippen molar-refractivity contribution >= 4 is 11.8 Å². The Balaban J connectivity index is 2.08. The summed E-state index contributed by atoms with van der Waals surface area (Å²) in [6.07, 6.45) is 1.63. The van der Waals surface area contributed by atoms with Crippen LogP contribution in [0.2, 0.25) is 0 Å². The molecule has 150 valence electrons. The molecular formula is C22H35N3O2. The van der Waals surface area contributed by atoms with Gasteiger partial charge in [0.15, 0.2) is 0 Å². The quantitative estimate of drug-likeness (QED) is 0.798. The van der Waals surface area contributed by atoms with Crippen LogP contribution in [0.5, 0.6) is 0 Å². The van der Waals surface area contributed by atoms with Crippen molar-refractivity contribution in [2.45, 2.75) is 59.5 Å². The summed E-state index contributed by atoms with van der Waals surface area (Å²) in [5.74, 6) is 0.0293. The minimum absolute atomic E-state index is 0.0295. The Morgan fingerprint density at radius 1 is 1.19 bits per heavy atom. The topological polar surface area (TPSA) is 52.7 Å². The van der Waals surface area contributed by atoms with Gasteiger partial charge in [-0.1, -0.05) is 65.0 Å². The highest BCUT2D eigenvalue weighted by molar-refractivity contribution is 5.90. The lowest BCUT2D eigenvalue weighted by molar-refractivity contribution is -0.144. The number of likely N-dealkylation sites (N-methyl/N-ethyl adjacent to an activating group) is 1. The lowest BCUT2D eigenvalue weighted by Gasteiger charge is -2.32. The molecule has 27 heavy (non-hydrogen) atoms. The van der Waals surface area contributed by atoms with Crippen LogP contribution in [0.1, 0.15) is 59.1 Å². The van der Waals surface area contributed by atoms with Crippen molar-refractivity contribution in [3.05, 3.63) is 35.9 Å². The Labute approximate surface area is 164 Å². The summed E-state index contributed by atoms with van der Waals surface area (Å²) in [7, 11) is 0. The van der Waals surface area contributed by atoms with E-state index in [0.29, 0.717) is 13.1 Å². The van der Waals surface area contributed by atoms with Gasteiger partial charge in [0.1, 0.15) is 6.04 Å². The second-order valence-corrected chi connectivity index (χ2v) is 8.30. The highest BCUT2D eigenvalue weighted by Crippen LogP contribution is 2.26. The summed E-state index contributed by atoms with van der Waals surface area (Å²) >= 11 is 0. The number of nitrogens with one attached hydrogen (secondary N) is 1. The van der Waals surface area contributed by atoms with E-state index in [0.717, 1.165) is 25.9 Å². The van der Waals surface area contributed by atoms with Crippen LogP contribution in [0.15, 0.2) is 30.3 Å². The Kier molecular flexibility index (Phi) is 7.42. The first-order chi connectivity index (χ1) is 12.8. The van der Waals surface area contributed by atoms with Crippen LogP contribution in [0.3, 0.4) is 0 Å². The summed E-state index contributed by atoms with van der Waals surface area (Å²) in [6.45, 7) is 13.1. The Morgan fingerprint density at radius 3 is 2.37 bits per heavy atom. The molecule has 0 bridgehead atoms. The second-order valence-electron chi connectivity index (χ2n) is 8.30. The maximum absolute atomic E-state index is 12.9. The van der Waals surface area contributed by atoms with Gasteiger partial charge in [0, 0.05) is 18.5 Å². The largest absolute Gasteiger partial charge is 0.352 e. The predicted molar refractivity (Wildman–Crippen MR) is 109 cm³/mol. The first kappa shape index (κ1) is 21.4. The van der Waals surface area contributed by atoms with Crippen molar-refractivity contribution in [2.24, 2.45) is 5.41 Å². The molecule has 1 aromatic rings. The molecule has 0 spiro atoms. The van der Waals surface area contributed by atoms with Crippen LogP contribution in [-0.2, 0) is 9.59 Å². The molecule has 2 amide bonds. The summed E-state index contributed by atoms with van der Waals surface area (Å²) < 4.78 is 0. The maximum atomic E-state index is 12.9. The van der Waals surface area contributed by atoms with E-state index in [2.05, 4.69) is 36.2 Å². The Morgan fingerprint density at radius 2 is 1.81 bits per heavy atom. The highest BCUT2D eigenvalue weighted by Gasteiger charge is 2.38. The van der Waals surface area contributed by atoms with E-state index in [1.807, 2.05) is 39.0 Å². The van der Waals surface area contributed by atoms with Crippen LogP contribution in [-0.4, -0.2) is 53.8 Å². The zero-order chi connectivity index (χ0) is 20.0. The second kappa shape index (κ2) is 9.36. The SMILES string of the molecule is CCN(CC)C(CNC(=O)C1CCCN1C(=O)C(C)(C)C)c1ccccc1. The van der Waals surface area contributed by atoms with Crippen LogP contribution in [0, 0.1) is 5.41 Å². The molecule has 5 nitrogen and oxygen atoms in total. The average Bonchev–Trinajstić information content (AvgIpc) is 3.13. The molecule has 1 saturated heterocycles. The molecule has 1 aliphatic heterocycles. The van der Waals surface area contributed by atoms with Gasteiger partial charge in [0.05, 0.1) is 6.04 Å². The normalized spacial score (nSPS) is 18.6. The van der Waals surface area contributed by atoms with Crippen LogP contribution >= 0.6 is 0 Å². The molecule has 0 saturated carbocycles. The fraction of sp³-hybridized carbons (Fsp3) is 0.636. The van der Waals surface area contributed by atoms with E-state index >= 15 is 0 Å². The number of rotatable bonds is 7. The van der Waals surface area contributed by atoms with Crippen LogP contribution in [0.25, 0.3) is 0 Å². The minimum Gasteiger partial charge on any atom is -0.352 e. The summed E-state index contributed by atoms with van der Waals surface area (Å²) in [6, 6.07) is 10.1. The van der Waals surface area contributed by atoms with Crippen molar-refractivity contribution in [3.8, 4) is 0 Å². The molecule has 5 heteroatoms. The smallest absolute Gasteiger partial charge is 0.242 e. The van der Waals surface area contributed by atoms with Gasteiger partial charge in [0.2, 0.25) is 11.8 Å². The molecule has 0 aromatic heterocycles. The third-order valence-electron chi connectivity index (χ3n) is 5.37. The standard InChI is InChI=1S/C22H35N3O2/c1-6-24(7-2)19(17-12-9-8-10-13-17)16-23-20(26)18-14-11-15-25(18)21(27)22(3,4)5/h8-10,12-13,18-19H,6-7,11,14-16H2,1-5H3,(H,23,26). The first-order valence-corrected chi connectivity index (χ1v) is 10.2. The number of likely N-dealkylation sites (tertiary alicyclic amines) is 1. The molecule has 0 aliphatic carbocycles. The molecule has 2 unspecified atom stereocenters. The van der Waals surface area contributed by atoms with Gasteiger partial charge < -0.3 is 10.2 Å². The van der Waals surface area contributed by atoms with E-state index in [-0.39, 0.29) is 23.9 Å². The van der Waals surface area contributed by atoms with Gasteiger partial charge >= 0.3 is 0 Å². The van der Waals surface area contributed by atoms with Crippen LogP contribution < -0.4 is 5.32 Å². The van der Waals surface area contributed by atoms with E-state index < -0.39 is 5.41 Å². The number of carbonyl (C=O) groups excluding carboxylic acids is 2. The van der Waals surface area contributed by atoms with Gasteiger partial charge in [-0.15, -0.1) is 0 Å². The van der Waals surface area contributed by atoms with Gasteiger partial charge in [-0.05, 0) is 31.5 Å². The van der Waals surface area contributed by atoms with E-state index in [4.69, 9.17) is 0 Å². The lowest BCUT2D eigenvalue weighted by Crippen LogP contribution is -2.50. The van der Waals surface area contributed by atoms with Gasteiger partial charge in [-0.2, -0.15) is 0 Å². The Bertz CT molecular complexity index is 620. The van der Waals surface area contributed by atoms with Gasteiger partial charge in [-0.3, -0.25) is 14.5 Å². The van der Waals surface area contributed by atoms with Crippen molar-refractivity contribution in [1.29, 1.82) is 0 Å². The third-order valence-corrected chi connectivity index (χ3v) is 5.37. The number of carbonyl (C=O) groups is 2. The monoisotopic (exact) mass is 373 g/mol. The maximum Gasteiger partial charge on any atom is 0.242 e. The zero-order valence-corrected chi connectivity index (χ0v) is 17.5. The molecule has 1 aliphatic rings. The molecule has 1 N–H and O–H groups in total. The highest BCUT2D eigenvalue weighted by atomic mass is 16.2. The van der Waals surface area contributed by atoms with Gasteiger partial charge in [-0.25, -0.2) is 0 Å². The fourth-order valence-corrected chi connectivity index (χ4v) is 3.83. The lowest BCUT2D eigenvalue weighted by atomic mass is 9.94. The van der Waals surface area contributed by atoms with E-state index in [9.17, 15) is 9.59 Å². The summed E-state index contributed by atoms with van der Waals surface area (Å²) in [4.78, 5) is 29.7.